The molecule has 2 aromatic rings. The van der Waals surface area contributed by atoms with Gasteiger partial charge in [-0.1, -0.05) is 23.7 Å². The Labute approximate surface area is 144 Å². The molecule has 1 fully saturated rings. The summed E-state index contributed by atoms with van der Waals surface area (Å²) in [6.07, 6.45) is 3.43. The normalized spacial score (nSPS) is 18.7. The minimum atomic E-state index is -0.514. The van der Waals surface area contributed by atoms with Crippen LogP contribution in [0, 0.1) is 0 Å². The van der Waals surface area contributed by atoms with E-state index in [0.717, 1.165) is 0 Å². The van der Waals surface area contributed by atoms with Crippen LogP contribution in [-0.2, 0) is 9.59 Å². The molecule has 8 heteroatoms. The van der Waals surface area contributed by atoms with E-state index < -0.39 is 12.1 Å². The Bertz CT molecular complexity index is 749. The Hall–Kier alpha value is -2.41. The molecule has 0 saturated carbocycles. The molecule has 2 amide bonds. The number of rotatable bonds is 4. The van der Waals surface area contributed by atoms with Gasteiger partial charge in [-0.3, -0.25) is 9.59 Å². The predicted octanol–water partition coefficient (Wildman–Crippen LogP) is 1.76. The molecule has 0 bridgehead atoms. The van der Waals surface area contributed by atoms with E-state index in [1.807, 2.05) is 18.2 Å². The van der Waals surface area contributed by atoms with Crippen LogP contribution in [0.15, 0.2) is 36.9 Å². The monoisotopic (exact) mass is 347 g/mol. The van der Waals surface area contributed by atoms with Crippen LogP contribution in [-0.4, -0.2) is 51.1 Å². The van der Waals surface area contributed by atoms with Crippen LogP contribution in [0.25, 0.3) is 0 Å². The molecular formula is C16H18ClN5O2. The van der Waals surface area contributed by atoms with Gasteiger partial charge in [0.05, 0.1) is 10.7 Å². The van der Waals surface area contributed by atoms with Crippen LogP contribution >= 0.6 is 11.6 Å². The Morgan fingerprint density at radius 3 is 2.83 bits per heavy atom. The number of halogens is 1. The molecule has 24 heavy (non-hydrogen) atoms. The standard InChI is InChI=1S/C16H18ClN5O2/c1-11(22-10-18-9-19-22)15(23)20(2)14-7-8-21(16(14)24)13-6-4-3-5-12(13)17/h3-6,9-11,14H,7-8H2,1-2H3/t11-,14-/m0/s1. The van der Waals surface area contributed by atoms with E-state index >= 15 is 0 Å². The first-order chi connectivity index (χ1) is 11.5. The van der Waals surface area contributed by atoms with Crippen molar-refractivity contribution in [1.29, 1.82) is 0 Å². The summed E-state index contributed by atoms with van der Waals surface area (Å²) in [5, 5.41) is 4.51. The van der Waals surface area contributed by atoms with Gasteiger partial charge in [-0.05, 0) is 25.5 Å². The predicted molar refractivity (Wildman–Crippen MR) is 89.7 cm³/mol. The summed E-state index contributed by atoms with van der Waals surface area (Å²) in [7, 11) is 1.65. The van der Waals surface area contributed by atoms with Crippen molar-refractivity contribution < 1.29 is 9.59 Å². The molecule has 1 aromatic heterocycles. The summed E-state index contributed by atoms with van der Waals surface area (Å²) in [4.78, 5) is 32.4. The third kappa shape index (κ3) is 2.87. The van der Waals surface area contributed by atoms with Gasteiger partial charge in [0.2, 0.25) is 11.8 Å². The highest BCUT2D eigenvalue weighted by atomic mass is 35.5. The van der Waals surface area contributed by atoms with Crippen LogP contribution in [0.5, 0.6) is 0 Å². The maximum atomic E-state index is 12.8. The molecule has 1 aliphatic heterocycles. The molecular weight excluding hydrogens is 330 g/mol. The molecule has 0 spiro atoms. The number of para-hydroxylation sites is 1. The smallest absolute Gasteiger partial charge is 0.249 e. The van der Waals surface area contributed by atoms with Crippen molar-refractivity contribution in [2.45, 2.75) is 25.4 Å². The fraction of sp³-hybridized carbons (Fsp3) is 0.375. The third-order valence-corrected chi connectivity index (χ3v) is 4.65. The van der Waals surface area contributed by atoms with Gasteiger partial charge in [-0.2, -0.15) is 5.10 Å². The van der Waals surface area contributed by atoms with E-state index in [-0.39, 0.29) is 11.8 Å². The second-order valence-electron chi connectivity index (χ2n) is 5.75. The SMILES string of the molecule is C[C@@H](C(=O)N(C)[C@H]1CCN(c2ccccc2Cl)C1=O)n1cncn1. The van der Waals surface area contributed by atoms with Gasteiger partial charge in [0.15, 0.2) is 0 Å². The number of nitrogens with zero attached hydrogens (tertiary/aromatic N) is 5. The average Bonchev–Trinajstić information content (AvgIpc) is 3.23. The zero-order chi connectivity index (χ0) is 17.3. The summed E-state index contributed by atoms with van der Waals surface area (Å²) >= 11 is 6.18. The molecule has 0 radical (unpaired) electrons. The first-order valence-electron chi connectivity index (χ1n) is 7.67. The maximum Gasteiger partial charge on any atom is 0.249 e. The van der Waals surface area contributed by atoms with Crippen LogP contribution in [0.2, 0.25) is 5.02 Å². The second-order valence-corrected chi connectivity index (χ2v) is 6.15. The molecule has 126 valence electrons. The van der Waals surface area contributed by atoms with Gasteiger partial charge in [-0.15, -0.1) is 0 Å². The summed E-state index contributed by atoms with van der Waals surface area (Å²) in [6.45, 7) is 2.27. The van der Waals surface area contributed by atoms with E-state index in [2.05, 4.69) is 10.1 Å². The highest BCUT2D eigenvalue weighted by Gasteiger charge is 2.39. The van der Waals surface area contributed by atoms with Gasteiger partial charge in [-0.25, -0.2) is 9.67 Å². The molecule has 2 atom stereocenters. The lowest BCUT2D eigenvalue weighted by Gasteiger charge is -2.26. The van der Waals surface area contributed by atoms with E-state index in [9.17, 15) is 9.59 Å². The van der Waals surface area contributed by atoms with Gasteiger partial charge in [0, 0.05) is 13.6 Å². The number of amides is 2. The number of likely N-dealkylation sites (N-methyl/N-ethyl adjacent to an activating group) is 1. The molecule has 0 N–H and O–H groups in total. The van der Waals surface area contributed by atoms with E-state index in [1.54, 1.807) is 24.9 Å². The molecule has 1 aromatic carbocycles. The Morgan fingerprint density at radius 2 is 2.17 bits per heavy atom. The molecule has 3 rings (SSSR count). The van der Waals surface area contributed by atoms with E-state index in [4.69, 9.17) is 11.6 Å². The molecule has 7 nitrogen and oxygen atoms in total. The number of carbonyl (C=O) groups is 2. The highest BCUT2D eigenvalue weighted by molar-refractivity contribution is 6.34. The van der Waals surface area contributed by atoms with Crippen LogP contribution in [0.4, 0.5) is 5.69 Å². The fourth-order valence-electron chi connectivity index (χ4n) is 2.91. The summed E-state index contributed by atoms with van der Waals surface area (Å²) in [6, 6.07) is 6.20. The van der Waals surface area contributed by atoms with Crippen LogP contribution in [0.1, 0.15) is 19.4 Å². The lowest BCUT2D eigenvalue weighted by atomic mass is 10.2. The van der Waals surface area contributed by atoms with Crippen molar-refractivity contribution in [2.75, 3.05) is 18.5 Å². The quantitative estimate of drug-likeness (QED) is 0.844. The number of aromatic nitrogens is 3. The van der Waals surface area contributed by atoms with E-state index in [0.29, 0.717) is 23.7 Å². The first kappa shape index (κ1) is 16.4. The lowest BCUT2D eigenvalue weighted by molar-refractivity contribution is -0.139. The van der Waals surface area contributed by atoms with Crippen molar-refractivity contribution >= 4 is 29.1 Å². The zero-order valence-corrected chi connectivity index (χ0v) is 14.2. The lowest BCUT2D eigenvalue weighted by Crippen LogP contribution is -2.45. The Kier molecular flexibility index (Phi) is 4.53. The number of carbonyl (C=O) groups excluding carboxylic acids is 2. The Morgan fingerprint density at radius 1 is 1.42 bits per heavy atom. The molecule has 1 saturated heterocycles. The average molecular weight is 348 g/mol. The van der Waals surface area contributed by atoms with Gasteiger partial charge >= 0.3 is 0 Å². The Balaban J connectivity index is 1.75. The van der Waals surface area contributed by atoms with Crippen molar-refractivity contribution in [2.24, 2.45) is 0 Å². The number of hydrogen-bond acceptors (Lipinski definition) is 4. The summed E-state index contributed by atoms with van der Waals surface area (Å²) in [5.74, 6) is -0.301. The molecule has 2 heterocycles. The minimum Gasteiger partial charge on any atom is -0.332 e. The number of anilines is 1. The summed E-state index contributed by atoms with van der Waals surface area (Å²) in [5.41, 5.74) is 0.678. The maximum absolute atomic E-state index is 12.8. The van der Waals surface area contributed by atoms with Crippen LogP contribution in [0.3, 0.4) is 0 Å². The van der Waals surface area contributed by atoms with Crippen LogP contribution < -0.4 is 4.90 Å². The first-order valence-corrected chi connectivity index (χ1v) is 8.05. The minimum absolute atomic E-state index is 0.121. The number of hydrogen-bond donors (Lipinski definition) is 0. The molecule has 1 aliphatic rings. The second kappa shape index (κ2) is 6.60. The van der Waals surface area contributed by atoms with E-state index in [1.165, 1.54) is 22.2 Å². The molecule has 0 aliphatic carbocycles. The zero-order valence-electron chi connectivity index (χ0n) is 13.5. The van der Waals surface area contributed by atoms with Gasteiger partial charge < -0.3 is 9.80 Å². The number of benzene rings is 1. The third-order valence-electron chi connectivity index (χ3n) is 4.33. The largest absolute Gasteiger partial charge is 0.332 e. The van der Waals surface area contributed by atoms with Gasteiger partial charge in [0.25, 0.3) is 0 Å². The topological polar surface area (TPSA) is 71.3 Å². The fourth-order valence-corrected chi connectivity index (χ4v) is 3.15. The summed E-state index contributed by atoms with van der Waals surface area (Å²) < 4.78 is 1.48. The van der Waals surface area contributed by atoms with Crippen molar-refractivity contribution in [1.82, 2.24) is 19.7 Å². The van der Waals surface area contributed by atoms with Crippen molar-refractivity contribution in [3.63, 3.8) is 0 Å². The van der Waals surface area contributed by atoms with Crippen molar-refractivity contribution in [3.8, 4) is 0 Å². The highest BCUT2D eigenvalue weighted by Crippen LogP contribution is 2.30. The van der Waals surface area contributed by atoms with Gasteiger partial charge in [0.1, 0.15) is 24.7 Å². The van der Waals surface area contributed by atoms with Crippen molar-refractivity contribution in [3.05, 3.63) is 41.9 Å². The molecule has 0 unspecified atom stereocenters.